The van der Waals surface area contributed by atoms with Crippen LogP contribution in [0.25, 0.3) is 22.0 Å². The summed E-state index contributed by atoms with van der Waals surface area (Å²) in [6.45, 7) is 0.511. The molecule has 5 nitrogen and oxygen atoms in total. The van der Waals surface area contributed by atoms with Gasteiger partial charge in [0.25, 0.3) is 0 Å². The number of para-hydroxylation sites is 1. The molecular weight excluding hydrogens is 338 g/mol. The molecule has 2 aromatic carbocycles. The number of nitrogens with zero attached hydrogens (tertiary/aromatic N) is 3. The Bertz CT molecular complexity index is 1130. The topological polar surface area (TPSA) is 68.1 Å². The molecule has 0 fully saturated rings. The van der Waals surface area contributed by atoms with Gasteiger partial charge in [-0.2, -0.15) is 4.98 Å². The molecule has 1 aliphatic heterocycles. The molecule has 0 saturated carbocycles. The van der Waals surface area contributed by atoms with Crippen LogP contribution >= 0.6 is 0 Å². The van der Waals surface area contributed by atoms with Crippen molar-refractivity contribution in [2.45, 2.75) is 12.3 Å². The molecule has 1 unspecified atom stereocenters. The van der Waals surface area contributed by atoms with Gasteiger partial charge in [0.15, 0.2) is 0 Å². The average Bonchev–Trinajstić information content (AvgIpc) is 2.74. The minimum atomic E-state index is 0.00441. The molecule has 3 heterocycles. The molecular formula is C22H17N3O2. The SMILES string of the molecule is Oc1nc(C2COc3ccccc3C2)nc2ccc(-c3ccncc3)cc12. The number of aromatic nitrogens is 3. The number of pyridine rings is 1. The summed E-state index contributed by atoms with van der Waals surface area (Å²) in [5.41, 5.74) is 3.90. The largest absolute Gasteiger partial charge is 0.493 e. The predicted molar refractivity (Wildman–Crippen MR) is 103 cm³/mol. The Morgan fingerprint density at radius 1 is 0.926 bits per heavy atom. The zero-order valence-electron chi connectivity index (χ0n) is 14.5. The van der Waals surface area contributed by atoms with E-state index in [1.54, 1.807) is 12.4 Å². The summed E-state index contributed by atoms with van der Waals surface area (Å²) in [4.78, 5) is 13.1. The van der Waals surface area contributed by atoms with Gasteiger partial charge >= 0.3 is 0 Å². The maximum Gasteiger partial charge on any atom is 0.222 e. The number of aromatic hydroxyl groups is 1. The molecule has 2 aromatic heterocycles. The fourth-order valence-electron chi connectivity index (χ4n) is 3.53. The smallest absolute Gasteiger partial charge is 0.222 e. The first-order chi connectivity index (χ1) is 13.3. The van der Waals surface area contributed by atoms with E-state index in [0.717, 1.165) is 34.4 Å². The standard InChI is InChI=1S/C22H17N3O2/c26-22-18-12-15(14-7-9-23-10-8-14)5-6-19(18)24-21(25-22)17-11-16-3-1-2-4-20(16)27-13-17/h1-10,12,17H,11,13H2,(H,24,25,26). The lowest BCUT2D eigenvalue weighted by Crippen LogP contribution is -2.21. The van der Waals surface area contributed by atoms with Crippen molar-refractivity contribution in [1.82, 2.24) is 15.0 Å². The lowest BCUT2D eigenvalue weighted by molar-refractivity contribution is 0.257. The number of rotatable bonds is 2. The van der Waals surface area contributed by atoms with Crippen molar-refractivity contribution in [3.8, 4) is 22.8 Å². The van der Waals surface area contributed by atoms with Crippen LogP contribution in [0.5, 0.6) is 11.6 Å². The zero-order chi connectivity index (χ0) is 18.2. The molecule has 132 valence electrons. The molecule has 0 amide bonds. The summed E-state index contributed by atoms with van der Waals surface area (Å²) in [5.74, 6) is 1.56. The number of ether oxygens (including phenoxy) is 1. The van der Waals surface area contributed by atoms with Gasteiger partial charge in [-0.3, -0.25) is 4.98 Å². The highest BCUT2D eigenvalue weighted by atomic mass is 16.5. The molecule has 1 atom stereocenters. The van der Waals surface area contributed by atoms with Gasteiger partial charge < -0.3 is 9.84 Å². The summed E-state index contributed by atoms with van der Waals surface area (Å²) >= 11 is 0. The fraction of sp³-hybridized carbons (Fsp3) is 0.136. The van der Waals surface area contributed by atoms with E-state index >= 15 is 0 Å². The Balaban J connectivity index is 1.52. The minimum absolute atomic E-state index is 0.00441. The Kier molecular flexibility index (Phi) is 3.71. The van der Waals surface area contributed by atoms with Gasteiger partial charge in [-0.25, -0.2) is 4.98 Å². The summed E-state index contributed by atoms with van der Waals surface area (Å²) in [7, 11) is 0. The molecule has 5 heteroatoms. The first kappa shape index (κ1) is 15.8. The van der Waals surface area contributed by atoms with Crippen LogP contribution in [0.2, 0.25) is 0 Å². The number of hydrogen-bond donors (Lipinski definition) is 1. The normalized spacial score (nSPS) is 15.9. The third kappa shape index (κ3) is 2.87. The maximum atomic E-state index is 10.5. The zero-order valence-corrected chi connectivity index (χ0v) is 14.5. The summed E-state index contributed by atoms with van der Waals surface area (Å²) in [5, 5.41) is 11.2. The molecule has 27 heavy (non-hydrogen) atoms. The van der Waals surface area contributed by atoms with Gasteiger partial charge in [-0.1, -0.05) is 24.3 Å². The van der Waals surface area contributed by atoms with Crippen molar-refractivity contribution in [3.63, 3.8) is 0 Å². The van der Waals surface area contributed by atoms with Gasteiger partial charge in [0, 0.05) is 12.4 Å². The Morgan fingerprint density at radius 3 is 2.67 bits per heavy atom. The number of benzene rings is 2. The highest BCUT2D eigenvalue weighted by Crippen LogP contribution is 2.33. The summed E-state index contributed by atoms with van der Waals surface area (Å²) in [6.07, 6.45) is 4.30. The van der Waals surface area contributed by atoms with Crippen molar-refractivity contribution in [1.29, 1.82) is 0 Å². The van der Waals surface area contributed by atoms with Crippen LogP contribution < -0.4 is 4.74 Å². The Labute approximate surface area is 156 Å². The summed E-state index contributed by atoms with van der Waals surface area (Å²) in [6, 6.07) is 17.7. The third-order valence-electron chi connectivity index (χ3n) is 4.95. The Morgan fingerprint density at radius 2 is 1.78 bits per heavy atom. The van der Waals surface area contributed by atoms with Crippen molar-refractivity contribution in [2.75, 3.05) is 6.61 Å². The third-order valence-corrected chi connectivity index (χ3v) is 4.95. The fourth-order valence-corrected chi connectivity index (χ4v) is 3.53. The van der Waals surface area contributed by atoms with Crippen LogP contribution in [-0.4, -0.2) is 26.7 Å². The van der Waals surface area contributed by atoms with E-state index in [9.17, 15) is 5.11 Å². The van der Waals surface area contributed by atoms with Gasteiger partial charge in [0.2, 0.25) is 5.88 Å². The van der Waals surface area contributed by atoms with Crippen molar-refractivity contribution >= 4 is 10.9 Å². The average molecular weight is 355 g/mol. The molecule has 0 radical (unpaired) electrons. The van der Waals surface area contributed by atoms with Crippen LogP contribution in [0.1, 0.15) is 17.3 Å². The molecule has 4 aromatic rings. The van der Waals surface area contributed by atoms with Crippen LogP contribution in [0.15, 0.2) is 67.0 Å². The quantitative estimate of drug-likeness (QED) is 0.586. The van der Waals surface area contributed by atoms with Crippen molar-refractivity contribution in [2.24, 2.45) is 0 Å². The molecule has 0 bridgehead atoms. The van der Waals surface area contributed by atoms with Crippen LogP contribution in [0.4, 0.5) is 0 Å². The van der Waals surface area contributed by atoms with Crippen LogP contribution in [-0.2, 0) is 6.42 Å². The number of fused-ring (bicyclic) bond motifs is 2. The van der Waals surface area contributed by atoms with E-state index in [1.165, 1.54) is 0 Å². The van der Waals surface area contributed by atoms with Gasteiger partial charge in [0.05, 0.1) is 23.4 Å². The van der Waals surface area contributed by atoms with Gasteiger partial charge in [-0.15, -0.1) is 0 Å². The second-order valence-corrected chi connectivity index (χ2v) is 6.69. The highest BCUT2D eigenvalue weighted by Gasteiger charge is 2.24. The maximum absolute atomic E-state index is 10.5. The summed E-state index contributed by atoms with van der Waals surface area (Å²) < 4.78 is 5.85. The van der Waals surface area contributed by atoms with Crippen LogP contribution in [0.3, 0.4) is 0 Å². The lowest BCUT2D eigenvalue weighted by Gasteiger charge is -2.24. The first-order valence-electron chi connectivity index (χ1n) is 8.90. The second-order valence-electron chi connectivity index (χ2n) is 6.69. The van der Waals surface area contributed by atoms with E-state index < -0.39 is 0 Å². The molecule has 1 N–H and O–H groups in total. The first-order valence-corrected chi connectivity index (χ1v) is 8.90. The monoisotopic (exact) mass is 355 g/mol. The van der Waals surface area contributed by atoms with E-state index in [-0.39, 0.29) is 11.8 Å². The highest BCUT2D eigenvalue weighted by molar-refractivity contribution is 5.88. The Hall–Kier alpha value is -3.47. The van der Waals surface area contributed by atoms with E-state index in [1.807, 2.05) is 48.5 Å². The van der Waals surface area contributed by atoms with E-state index in [0.29, 0.717) is 17.8 Å². The lowest BCUT2D eigenvalue weighted by atomic mass is 9.96. The van der Waals surface area contributed by atoms with Crippen LogP contribution in [0, 0.1) is 0 Å². The van der Waals surface area contributed by atoms with Gasteiger partial charge in [-0.05, 0) is 53.4 Å². The molecule has 5 rings (SSSR count). The van der Waals surface area contributed by atoms with E-state index in [2.05, 4.69) is 16.0 Å². The van der Waals surface area contributed by atoms with Gasteiger partial charge in [0.1, 0.15) is 11.6 Å². The predicted octanol–water partition coefficient (Wildman–Crippen LogP) is 4.12. The van der Waals surface area contributed by atoms with Crippen molar-refractivity contribution < 1.29 is 9.84 Å². The second kappa shape index (κ2) is 6.36. The van der Waals surface area contributed by atoms with E-state index in [4.69, 9.17) is 9.72 Å². The molecule has 0 spiro atoms. The molecule has 0 aliphatic carbocycles. The minimum Gasteiger partial charge on any atom is -0.493 e. The molecule has 0 saturated heterocycles. The molecule has 1 aliphatic rings. The number of hydrogen-bond acceptors (Lipinski definition) is 5. The van der Waals surface area contributed by atoms with Crippen molar-refractivity contribution in [3.05, 3.63) is 78.4 Å².